The Labute approximate surface area is 157 Å². The van der Waals surface area contributed by atoms with Crippen LogP contribution in [0.5, 0.6) is 5.75 Å². The summed E-state index contributed by atoms with van der Waals surface area (Å²) >= 11 is 0. The molecule has 5 nitrogen and oxygen atoms in total. The topological polar surface area (TPSA) is 53.6 Å². The molecule has 2 saturated heterocycles. The number of nitrogens with one attached hydrogen (secondary N) is 2. The predicted octanol–water partition coefficient (Wildman–Crippen LogP) is 2.26. The number of piperidine rings is 1. The number of hydrogen-bond donors (Lipinski definition) is 2. The number of ether oxygens (including phenoxy) is 1. The Morgan fingerprint density at radius 1 is 1.31 bits per heavy atom. The Bertz CT molecular complexity index is 599. The first kappa shape index (κ1) is 19.2. The van der Waals surface area contributed by atoms with Crippen LogP contribution in [-0.4, -0.2) is 56.2 Å². The van der Waals surface area contributed by atoms with Gasteiger partial charge in [0.25, 0.3) is 0 Å². The van der Waals surface area contributed by atoms with Crippen molar-refractivity contribution < 1.29 is 9.53 Å². The second kappa shape index (κ2) is 9.38. The second-order valence-corrected chi connectivity index (χ2v) is 7.82. The minimum atomic E-state index is 0.0284. The molecule has 3 rings (SSSR count). The number of aryl methyl sites for hydroxylation is 2. The number of benzene rings is 1. The Hall–Kier alpha value is -1.59. The van der Waals surface area contributed by atoms with Crippen molar-refractivity contribution >= 4 is 5.91 Å². The summed E-state index contributed by atoms with van der Waals surface area (Å²) in [4.78, 5) is 14.6. The van der Waals surface area contributed by atoms with Crippen LogP contribution in [0.1, 0.15) is 36.8 Å². The van der Waals surface area contributed by atoms with Crippen molar-refractivity contribution in [2.45, 2.75) is 45.6 Å². The van der Waals surface area contributed by atoms with Crippen LogP contribution in [0, 0.1) is 19.8 Å². The van der Waals surface area contributed by atoms with E-state index in [0.29, 0.717) is 5.92 Å². The quantitative estimate of drug-likeness (QED) is 0.784. The maximum atomic E-state index is 12.2. The van der Waals surface area contributed by atoms with Gasteiger partial charge in [-0.2, -0.15) is 0 Å². The molecule has 0 bridgehead atoms. The summed E-state index contributed by atoms with van der Waals surface area (Å²) in [6, 6.07) is 6.37. The molecule has 2 atom stereocenters. The molecule has 2 heterocycles. The average Bonchev–Trinajstić information content (AvgIpc) is 3.18. The van der Waals surface area contributed by atoms with Gasteiger partial charge in [0.1, 0.15) is 12.4 Å². The van der Waals surface area contributed by atoms with Crippen LogP contribution in [0.3, 0.4) is 0 Å². The van der Waals surface area contributed by atoms with Gasteiger partial charge in [-0.15, -0.1) is 0 Å². The van der Waals surface area contributed by atoms with E-state index in [0.717, 1.165) is 57.9 Å². The molecule has 2 unspecified atom stereocenters. The molecule has 2 aliphatic heterocycles. The molecular formula is C21H33N3O2. The number of amides is 1. The molecule has 1 aromatic rings. The molecule has 2 fully saturated rings. The number of hydrogen-bond acceptors (Lipinski definition) is 4. The highest BCUT2D eigenvalue weighted by Crippen LogP contribution is 2.20. The minimum Gasteiger partial charge on any atom is -0.492 e. The molecule has 0 spiro atoms. The lowest BCUT2D eigenvalue weighted by molar-refractivity contribution is -0.123. The average molecular weight is 360 g/mol. The van der Waals surface area contributed by atoms with E-state index in [2.05, 4.69) is 47.6 Å². The van der Waals surface area contributed by atoms with Crippen LogP contribution in [0.4, 0.5) is 0 Å². The molecule has 2 aliphatic rings. The summed E-state index contributed by atoms with van der Waals surface area (Å²) in [7, 11) is 0. The highest BCUT2D eigenvalue weighted by Gasteiger charge is 2.24. The normalized spacial score (nSPS) is 23.8. The van der Waals surface area contributed by atoms with Gasteiger partial charge in [-0.1, -0.05) is 12.1 Å². The van der Waals surface area contributed by atoms with Gasteiger partial charge in [-0.25, -0.2) is 0 Å². The zero-order valence-electron chi connectivity index (χ0n) is 16.2. The standard InChI is InChI=1S/C21H33N3O2/c1-16-7-8-17(2)20(13-16)26-12-11-24-10-4-5-18(15-24)14-23-21(25)19-6-3-9-22-19/h7-8,13,18-19,22H,3-6,9-12,14-15H2,1-2H3,(H,23,25). The van der Waals surface area contributed by atoms with Gasteiger partial charge >= 0.3 is 0 Å². The van der Waals surface area contributed by atoms with Crippen LogP contribution in [0.25, 0.3) is 0 Å². The van der Waals surface area contributed by atoms with Crippen LogP contribution in [0.15, 0.2) is 18.2 Å². The molecule has 2 N–H and O–H groups in total. The maximum absolute atomic E-state index is 12.2. The van der Waals surface area contributed by atoms with Gasteiger partial charge in [0, 0.05) is 19.6 Å². The second-order valence-electron chi connectivity index (χ2n) is 7.82. The number of likely N-dealkylation sites (tertiary alicyclic amines) is 1. The highest BCUT2D eigenvalue weighted by molar-refractivity contribution is 5.81. The molecule has 0 radical (unpaired) electrons. The van der Waals surface area contributed by atoms with Gasteiger partial charge in [-0.05, 0) is 75.7 Å². The molecule has 144 valence electrons. The van der Waals surface area contributed by atoms with E-state index in [1.54, 1.807) is 0 Å². The lowest BCUT2D eigenvalue weighted by atomic mass is 9.98. The largest absolute Gasteiger partial charge is 0.492 e. The third-order valence-electron chi connectivity index (χ3n) is 5.55. The number of nitrogens with zero attached hydrogens (tertiary/aromatic N) is 1. The van der Waals surface area contributed by atoms with Gasteiger partial charge in [0.2, 0.25) is 5.91 Å². The van der Waals surface area contributed by atoms with E-state index in [9.17, 15) is 4.79 Å². The van der Waals surface area contributed by atoms with E-state index in [-0.39, 0.29) is 11.9 Å². The van der Waals surface area contributed by atoms with Gasteiger partial charge in [-0.3, -0.25) is 9.69 Å². The molecule has 0 saturated carbocycles. The van der Waals surface area contributed by atoms with Crippen molar-refractivity contribution in [3.63, 3.8) is 0 Å². The molecule has 5 heteroatoms. The Kier molecular flexibility index (Phi) is 6.92. The SMILES string of the molecule is Cc1ccc(C)c(OCCN2CCCC(CNC(=O)C3CCCN3)C2)c1. The summed E-state index contributed by atoms with van der Waals surface area (Å²) in [6.45, 7) is 9.79. The lowest BCUT2D eigenvalue weighted by Gasteiger charge is -2.33. The third-order valence-corrected chi connectivity index (χ3v) is 5.55. The molecule has 0 aliphatic carbocycles. The zero-order valence-corrected chi connectivity index (χ0v) is 16.2. The van der Waals surface area contributed by atoms with Crippen LogP contribution in [0.2, 0.25) is 0 Å². The van der Waals surface area contributed by atoms with Crippen LogP contribution < -0.4 is 15.4 Å². The fourth-order valence-corrected chi connectivity index (χ4v) is 3.94. The van der Waals surface area contributed by atoms with Crippen molar-refractivity contribution in [1.82, 2.24) is 15.5 Å². The molecule has 1 aromatic carbocycles. The van der Waals surface area contributed by atoms with Gasteiger partial charge in [0.15, 0.2) is 0 Å². The number of carbonyl (C=O) groups excluding carboxylic acids is 1. The van der Waals surface area contributed by atoms with Crippen molar-refractivity contribution in [3.8, 4) is 5.75 Å². The lowest BCUT2D eigenvalue weighted by Crippen LogP contribution is -2.46. The van der Waals surface area contributed by atoms with Crippen LogP contribution in [-0.2, 0) is 4.79 Å². The highest BCUT2D eigenvalue weighted by atomic mass is 16.5. The fourth-order valence-electron chi connectivity index (χ4n) is 3.94. The van der Waals surface area contributed by atoms with E-state index in [1.165, 1.54) is 24.0 Å². The Balaban J connectivity index is 1.38. The van der Waals surface area contributed by atoms with E-state index < -0.39 is 0 Å². The molecule has 1 amide bonds. The first-order chi connectivity index (χ1) is 12.6. The monoisotopic (exact) mass is 359 g/mol. The minimum absolute atomic E-state index is 0.0284. The third kappa shape index (κ3) is 5.45. The van der Waals surface area contributed by atoms with Crippen LogP contribution >= 0.6 is 0 Å². The summed E-state index contributed by atoms with van der Waals surface area (Å²) in [6.07, 6.45) is 4.48. The molecule has 0 aromatic heterocycles. The first-order valence-electron chi connectivity index (χ1n) is 10.1. The summed E-state index contributed by atoms with van der Waals surface area (Å²) < 4.78 is 6.00. The Morgan fingerprint density at radius 3 is 3.00 bits per heavy atom. The van der Waals surface area contributed by atoms with Gasteiger partial charge < -0.3 is 15.4 Å². The fraction of sp³-hybridized carbons (Fsp3) is 0.667. The summed E-state index contributed by atoms with van der Waals surface area (Å²) in [5.41, 5.74) is 2.42. The van der Waals surface area contributed by atoms with Crippen molar-refractivity contribution in [2.75, 3.05) is 39.3 Å². The predicted molar refractivity (Wildman–Crippen MR) is 105 cm³/mol. The van der Waals surface area contributed by atoms with Crippen molar-refractivity contribution in [2.24, 2.45) is 5.92 Å². The van der Waals surface area contributed by atoms with E-state index >= 15 is 0 Å². The number of rotatable bonds is 7. The van der Waals surface area contributed by atoms with Gasteiger partial charge in [0.05, 0.1) is 6.04 Å². The maximum Gasteiger partial charge on any atom is 0.237 e. The van der Waals surface area contributed by atoms with E-state index in [4.69, 9.17) is 4.74 Å². The smallest absolute Gasteiger partial charge is 0.237 e. The van der Waals surface area contributed by atoms with Crippen molar-refractivity contribution in [1.29, 1.82) is 0 Å². The molecular weight excluding hydrogens is 326 g/mol. The summed E-state index contributed by atoms with van der Waals surface area (Å²) in [5.74, 6) is 1.72. The summed E-state index contributed by atoms with van der Waals surface area (Å²) in [5, 5.41) is 6.42. The molecule has 26 heavy (non-hydrogen) atoms. The number of carbonyl (C=O) groups is 1. The first-order valence-corrected chi connectivity index (χ1v) is 10.1. The van der Waals surface area contributed by atoms with Crippen molar-refractivity contribution in [3.05, 3.63) is 29.3 Å². The Morgan fingerprint density at radius 2 is 2.19 bits per heavy atom. The zero-order chi connectivity index (χ0) is 18.4. The van der Waals surface area contributed by atoms with E-state index in [1.807, 2.05) is 0 Å².